The molecular weight excluding hydrogens is 759 g/mol. The highest BCUT2D eigenvalue weighted by Crippen LogP contribution is 2.46. The number of aliphatic carboxylic acids is 2. The third kappa shape index (κ3) is 11.2. The molecule has 0 radical (unpaired) electrons. The van der Waals surface area contributed by atoms with E-state index < -0.39 is 112 Å². The van der Waals surface area contributed by atoms with Crippen LogP contribution in [-0.2, 0) is 43.9 Å². The minimum atomic E-state index is -5.12. The van der Waals surface area contributed by atoms with Crippen molar-refractivity contribution in [2.45, 2.75) is 100 Å². The van der Waals surface area contributed by atoms with Gasteiger partial charge in [0.2, 0.25) is 12.4 Å². The van der Waals surface area contributed by atoms with Crippen molar-refractivity contribution in [3.63, 3.8) is 0 Å². The first-order valence-electron chi connectivity index (χ1n) is 16.8. The summed E-state index contributed by atoms with van der Waals surface area (Å²) in [5, 5.41) is 76.5. The quantitative estimate of drug-likeness (QED) is 0.0487. The second-order valence-electron chi connectivity index (χ2n) is 13.0. The molecule has 1 amide bonds. The number of carboxylic acid groups (broad SMARTS) is 2. The van der Waals surface area contributed by atoms with Crippen LogP contribution in [0.1, 0.15) is 32.3 Å². The van der Waals surface area contributed by atoms with Crippen LogP contribution in [0.15, 0.2) is 29.1 Å². The smallest absolute Gasteiger partial charge is 0.473 e. The van der Waals surface area contributed by atoms with Crippen molar-refractivity contribution < 1.29 is 78.1 Å². The number of hydrogen-bond acceptors (Lipinski definition) is 18. The summed E-state index contributed by atoms with van der Waals surface area (Å²) in [6, 6.07) is 5.44. The molecule has 3 heterocycles. The summed E-state index contributed by atoms with van der Waals surface area (Å²) in [7, 11) is -5.12. The molecule has 12 atom stereocenters. The van der Waals surface area contributed by atoms with Gasteiger partial charge in [0.15, 0.2) is 23.9 Å². The van der Waals surface area contributed by atoms with Crippen LogP contribution >= 0.6 is 7.82 Å². The first-order chi connectivity index (χ1) is 25.8. The van der Waals surface area contributed by atoms with Crippen LogP contribution in [0.25, 0.3) is 0 Å². The molecule has 13 N–H and O–H groups in total. The lowest BCUT2D eigenvalue weighted by molar-refractivity contribution is -0.192. The predicted octanol–water partition coefficient (Wildman–Crippen LogP) is -2.46. The van der Waals surface area contributed by atoms with Crippen molar-refractivity contribution in [2.75, 3.05) is 34.5 Å². The summed E-state index contributed by atoms with van der Waals surface area (Å²) in [5.74, 6) is -3.02. The first-order valence-corrected chi connectivity index (χ1v) is 18.3. The van der Waals surface area contributed by atoms with Gasteiger partial charge in [-0.25, -0.2) is 9.36 Å². The molecule has 0 saturated carbocycles. The van der Waals surface area contributed by atoms with Gasteiger partial charge >= 0.3 is 19.8 Å². The van der Waals surface area contributed by atoms with Crippen LogP contribution in [0.4, 0.5) is 23.1 Å². The molecule has 1 saturated heterocycles. The number of carbonyl (C=O) groups excluding carboxylic acids is 1. The van der Waals surface area contributed by atoms with Gasteiger partial charge in [0.05, 0.1) is 25.4 Å². The van der Waals surface area contributed by atoms with E-state index in [4.69, 9.17) is 25.4 Å². The van der Waals surface area contributed by atoms with E-state index in [1.165, 1.54) is 4.90 Å². The normalized spacial score (nSPS) is 26.1. The summed E-state index contributed by atoms with van der Waals surface area (Å²) < 4.78 is 32.0. The zero-order valence-corrected chi connectivity index (χ0v) is 30.3. The van der Waals surface area contributed by atoms with E-state index >= 15 is 0 Å². The summed E-state index contributed by atoms with van der Waals surface area (Å²) in [6.45, 7) is 2.02. The molecule has 2 aliphatic heterocycles. The van der Waals surface area contributed by atoms with Crippen LogP contribution in [0.5, 0.6) is 0 Å². The van der Waals surface area contributed by atoms with Gasteiger partial charge in [-0.2, -0.15) is 4.98 Å². The maximum atomic E-state index is 12.6. The number of nitrogen functional groups attached to an aromatic ring is 1. The minimum Gasteiger partial charge on any atom is -0.481 e. The molecule has 23 nitrogen and oxygen atoms in total. The van der Waals surface area contributed by atoms with E-state index in [0.717, 1.165) is 0 Å². The van der Waals surface area contributed by atoms with Gasteiger partial charge in [0.25, 0.3) is 5.56 Å². The average molecular weight is 805 g/mol. The molecule has 0 spiro atoms. The number of benzene rings is 1. The molecule has 1 aromatic carbocycles. The van der Waals surface area contributed by atoms with Crippen molar-refractivity contribution >= 4 is 49.3 Å². The largest absolute Gasteiger partial charge is 0.481 e. The highest BCUT2D eigenvalue weighted by atomic mass is 31.2. The lowest BCUT2D eigenvalue weighted by atomic mass is 9.97. The Labute approximate surface area is 312 Å². The van der Waals surface area contributed by atoms with Crippen LogP contribution in [0.2, 0.25) is 0 Å². The van der Waals surface area contributed by atoms with E-state index in [1.54, 1.807) is 24.3 Å². The Morgan fingerprint density at radius 1 is 1.15 bits per heavy atom. The predicted molar refractivity (Wildman–Crippen MR) is 188 cm³/mol. The number of carboxylic acids is 2. The number of nitrogens with two attached hydrogens (primary N) is 1. The van der Waals surface area contributed by atoms with Gasteiger partial charge < -0.3 is 66.5 Å². The van der Waals surface area contributed by atoms with Crippen LogP contribution in [0, 0.1) is 0 Å². The van der Waals surface area contributed by atoms with Gasteiger partial charge in [0.1, 0.15) is 30.5 Å². The zero-order valence-electron chi connectivity index (χ0n) is 29.4. The molecule has 2 aromatic rings. The van der Waals surface area contributed by atoms with Crippen LogP contribution < -0.4 is 26.8 Å². The molecule has 1 fully saturated rings. The number of aromatic nitrogens is 2. The molecule has 4 rings (SSSR count). The number of fused-ring (bicyclic) bond motifs is 1. The van der Waals surface area contributed by atoms with E-state index in [9.17, 15) is 54.2 Å². The zero-order chi connectivity index (χ0) is 40.8. The number of rotatable bonds is 20. The number of nitrogens with zero attached hydrogens (tertiary/aromatic N) is 2. The minimum absolute atomic E-state index is 0.0313. The SMILES string of the molecule is C[C@@H]1Nc2nc(N)[nH]c(=O)c2N(C=O)[C@H]1[C@@H](C)Nc1ccc(C[C@H](O)[C@H](O)[C@H](O)CO[C@H]2O[C@H](COP(=O)(O)O[C@H](CCC(=O)O)C(=O)O)[C@@H](O)[C@H]2O)cc1. The number of aromatic amines is 1. The molecular formula is C31H45N6O17P. The number of aliphatic hydroxyl groups is 5. The second kappa shape index (κ2) is 18.6. The number of anilines is 4. The number of phosphoric acid groups is 1. The van der Waals surface area contributed by atoms with E-state index in [1.807, 2.05) is 13.8 Å². The number of aliphatic hydroxyl groups excluding tert-OH is 5. The third-order valence-electron chi connectivity index (χ3n) is 8.88. The van der Waals surface area contributed by atoms with Crippen molar-refractivity contribution in [3.8, 4) is 0 Å². The fraction of sp³-hybridized carbons (Fsp3) is 0.581. The molecule has 1 unspecified atom stereocenters. The fourth-order valence-electron chi connectivity index (χ4n) is 6.13. The van der Waals surface area contributed by atoms with E-state index in [0.29, 0.717) is 17.7 Å². The summed E-state index contributed by atoms with van der Waals surface area (Å²) in [5.41, 5.74) is 6.29. The van der Waals surface area contributed by atoms with Crippen LogP contribution in [-0.4, -0.2) is 149 Å². The highest BCUT2D eigenvalue weighted by Gasteiger charge is 2.45. The van der Waals surface area contributed by atoms with Crippen molar-refractivity contribution in [1.29, 1.82) is 0 Å². The number of ether oxygens (including phenoxy) is 2. The number of carbonyl (C=O) groups is 3. The van der Waals surface area contributed by atoms with Crippen LogP contribution in [0.3, 0.4) is 0 Å². The molecule has 0 aliphatic carbocycles. The summed E-state index contributed by atoms with van der Waals surface area (Å²) in [6.07, 6.45) is -14.6. The Balaban J connectivity index is 1.25. The molecule has 0 bridgehead atoms. The van der Waals surface area contributed by atoms with Crippen molar-refractivity contribution in [3.05, 3.63) is 40.2 Å². The Hall–Kier alpha value is -4.26. The first kappa shape index (κ1) is 43.5. The van der Waals surface area contributed by atoms with Gasteiger partial charge in [-0.1, -0.05) is 12.1 Å². The average Bonchev–Trinajstić information content (AvgIpc) is 3.38. The topological polar surface area (TPSA) is 366 Å². The van der Waals surface area contributed by atoms with E-state index in [2.05, 4.69) is 29.6 Å². The summed E-state index contributed by atoms with van der Waals surface area (Å²) >= 11 is 0. The monoisotopic (exact) mass is 804 g/mol. The second-order valence-corrected chi connectivity index (χ2v) is 14.4. The fourth-order valence-corrected chi connectivity index (χ4v) is 7.05. The third-order valence-corrected chi connectivity index (χ3v) is 9.88. The Kier molecular flexibility index (Phi) is 14.7. The number of hydrogen-bond donors (Lipinski definition) is 12. The van der Waals surface area contributed by atoms with Gasteiger partial charge in [0, 0.05) is 30.6 Å². The molecule has 24 heteroatoms. The number of nitrogens with one attached hydrogen (secondary N) is 3. The van der Waals surface area contributed by atoms with Gasteiger partial charge in [-0.05, 0) is 38.0 Å². The lowest BCUT2D eigenvalue weighted by Gasteiger charge is -2.42. The maximum absolute atomic E-state index is 12.6. The Morgan fingerprint density at radius 2 is 1.82 bits per heavy atom. The van der Waals surface area contributed by atoms with Crippen molar-refractivity contribution in [1.82, 2.24) is 9.97 Å². The number of H-pyrrole nitrogens is 1. The molecule has 306 valence electrons. The Morgan fingerprint density at radius 3 is 2.44 bits per heavy atom. The standard InChI is InChI=1S/C31H45N6O17P/c1-13(22-14(2)34-27-23(37(22)12-38)28(46)36-31(32)35-27)33-16-5-3-15(4-6-16)9-17(39)24(43)18(40)10-51-30-26(45)25(44)20(53-30)11-52-55(49,50)54-19(29(47)48)7-8-21(41)42/h3-6,12-14,17-20,22,24-26,30,33,39-40,43-45H,7-11H2,1-2H3,(H,41,42)(H,47,48)(H,49,50)(H4,32,34,35,36,46)/t13-,14+,17+,18-,19-,20-,22+,24+,25-,26-,30+/m1/s1. The lowest BCUT2D eigenvalue weighted by Crippen LogP contribution is -2.58. The molecule has 1 aromatic heterocycles. The van der Waals surface area contributed by atoms with Crippen molar-refractivity contribution in [2.24, 2.45) is 0 Å². The maximum Gasteiger partial charge on any atom is 0.473 e. The number of amides is 1. The van der Waals surface area contributed by atoms with Gasteiger partial charge in [-0.3, -0.25) is 33.3 Å². The summed E-state index contributed by atoms with van der Waals surface area (Å²) in [4.78, 5) is 64.3. The number of phosphoric ester groups is 1. The van der Waals surface area contributed by atoms with Gasteiger partial charge in [-0.15, -0.1) is 0 Å². The molecule has 55 heavy (non-hydrogen) atoms. The highest BCUT2D eigenvalue weighted by molar-refractivity contribution is 7.47. The Bertz CT molecular complexity index is 1750. The van der Waals surface area contributed by atoms with E-state index in [-0.39, 0.29) is 29.9 Å². The molecule has 2 aliphatic rings.